The topological polar surface area (TPSA) is 15.3 Å². The van der Waals surface area contributed by atoms with Crippen molar-refractivity contribution >= 4 is 11.6 Å². The summed E-state index contributed by atoms with van der Waals surface area (Å²) in [5, 5.41) is 4.36. The summed E-state index contributed by atoms with van der Waals surface area (Å²) in [5.74, 6) is 0.770. The van der Waals surface area contributed by atoms with E-state index in [9.17, 15) is 0 Å². The van der Waals surface area contributed by atoms with E-state index in [0.29, 0.717) is 11.5 Å². The molecule has 1 N–H and O–H groups in total. The summed E-state index contributed by atoms with van der Waals surface area (Å²) in [5.41, 5.74) is 1.67. The molecule has 1 saturated heterocycles. The third kappa shape index (κ3) is 4.45. The minimum Gasteiger partial charge on any atom is -0.316 e. The normalized spacial score (nSPS) is 21.5. The van der Waals surface area contributed by atoms with E-state index in [0.717, 1.165) is 24.0 Å². The van der Waals surface area contributed by atoms with Gasteiger partial charge >= 0.3 is 0 Å². The van der Waals surface area contributed by atoms with Crippen molar-refractivity contribution in [2.24, 2.45) is 11.3 Å². The molecule has 1 aromatic carbocycles. The number of benzene rings is 1. The van der Waals surface area contributed by atoms with Gasteiger partial charge in [0.2, 0.25) is 0 Å². The van der Waals surface area contributed by atoms with Crippen molar-refractivity contribution < 1.29 is 0 Å². The number of hydrogen-bond donors (Lipinski definition) is 1. The van der Waals surface area contributed by atoms with Crippen molar-refractivity contribution in [3.8, 4) is 0 Å². The zero-order valence-corrected chi connectivity index (χ0v) is 14.6. The minimum absolute atomic E-state index is 0.336. The Morgan fingerprint density at radius 2 is 2.00 bits per heavy atom. The average Bonchev–Trinajstić information content (AvgIpc) is 2.48. The van der Waals surface area contributed by atoms with E-state index in [-0.39, 0.29) is 0 Å². The first kappa shape index (κ1) is 16.8. The van der Waals surface area contributed by atoms with E-state index in [1.165, 1.54) is 24.9 Å². The molecule has 0 radical (unpaired) electrons. The summed E-state index contributed by atoms with van der Waals surface area (Å²) in [6.45, 7) is 10.6. The maximum absolute atomic E-state index is 5.98. The second-order valence-corrected chi connectivity index (χ2v) is 7.61. The molecule has 1 aliphatic heterocycles. The zero-order valence-electron chi connectivity index (χ0n) is 13.8. The van der Waals surface area contributed by atoms with Crippen molar-refractivity contribution in [3.05, 3.63) is 34.9 Å². The number of rotatable bonds is 5. The van der Waals surface area contributed by atoms with Gasteiger partial charge in [-0.25, -0.2) is 0 Å². The molecular weight excluding hydrogens is 280 g/mol. The van der Waals surface area contributed by atoms with Crippen LogP contribution < -0.4 is 5.32 Å². The summed E-state index contributed by atoms with van der Waals surface area (Å²) in [7, 11) is 2.23. The Balaban J connectivity index is 1.98. The van der Waals surface area contributed by atoms with Crippen LogP contribution in [-0.2, 0) is 0 Å². The van der Waals surface area contributed by atoms with Crippen LogP contribution in [0.5, 0.6) is 0 Å². The summed E-state index contributed by atoms with van der Waals surface area (Å²) >= 11 is 5.98. The fraction of sp³-hybridized carbons (Fsp3) is 0.667. The highest BCUT2D eigenvalue weighted by atomic mass is 35.5. The zero-order chi connectivity index (χ0) is 15.5. The van der Waals surface area contributed by atoms with Crippen molar-refractivity contribution in [3.63, 3.8) is 0 Å². The molecule has 0 saturated carbocycles. The van der Waals surface area contributed by atoms with E-state index in [1.54, 1.807) is 0 Å². The standard InChI is InChI=1S/C18H29ClN2/c1-14(15-7-9-17(19)10-8-15)21(4)13-18(2,3)16-6-5-11-20-12-16/h7-10,14,16,20H,5-6,11-13H2,1-4H3. The lowest BCUT2D eigenvalue weighted by Gasteiger charge is -2.41. The molecule has 3 heteroatoms. The third-order valence-electron chi connectivity index (χ3n) is 5.07. The van der Waals surface area contributed by atoms with Gasteiger partial charge in [-0.05, 0) is 68.9 Å². The molecule has 0 bridgehead atoms. The molecule has 0 aromatic heterocycles. The van der Waals surface area contributed by atoms with Crippen LogP contribution in [0.4, 0.5) is 0 Å². The fourth-order valence-corrected chi connectivity index (χ4v) is 3.55. The van der Waals surface area contributed by atoms with Crippen molar-refractivity contribution in [1.82, 2.24) is 10.2 Å². The molecule has 2 rings (SSSR count). The lowest BCUT2D eigenvalue weighted by molar-refractivity contribution is 0.0955. The Morgan fingerprint density at radius 3 is 2.57 bits per heavy atom. The average molecular weight is 309 g/mol. The van der Waals surface area contributed by atoms with Crippen LogP contribution in [0.2, 0.25) is 5.02 Å². The second kappa shape index (κ2) is 7.13. The molecule has 0 amide bonds. The van der Waals surface area contributed by atoms with E-state index in [4.69, 9.17) is 11.6 Å². The molecule has 118 valence electrons. The van der Waals surface area contributed by atoms with Crippen LogP contribution in [0.15, 0.2) is 24.3 Å². The Morgan fingerprint density at radius 1 is 1.33 bits per heavy atom. The smallest absolute Gasteiger partial charge is 0.0406 e. The largest absolute Gasteiger partial charge is 0.316 e. The summed E-state index contributed by atoms with van der Waals surface area (Å²) in [6, 6.07) is 8.66. The number of nitrogens with one attached hydrogen (secondary N) is 1. The van der Waals surface area contributed by atoms with Gasteiger partial charge in [-0.3, -0.25) is 4.90 Å². The summed E-state index contributed by atoms with van der Waals surface area (Å²) in [6.07, 6.45) is 2.66. The number of piperidine rings is 1. The molecule has 21 heavy (non-hydrogen) atoms. The molecule has 2 nitrogen and oxygen atoms in total. The van der Waals surface area contributed by atoms with Gasteiger partial charge in [-0.15, -0.1) is 0 Å². The first-order chi connectivity index (χ1) is 9.90. The van der Waals surface area contributed by atoms with Gasteiger partial charge in [0.25, 0.3) is 0 Å². The summed E-state index contributed by atoms with van der Waals surface area (Å²) < 4.78 is 0. The highest BCUT2D eigenvalue weighted by Gasteiger charge is 2.32. The molecule has 0 aliphatic carbocycles. The number of nitrogens with zero attached hydrogens (tertiary/aromatic N) is 1. The molecule has 1 fully saturated rings. The van der Waals surface area contributed by atoms with Crippen LogP contribution in [0, 0.1) is 11.3 Å². The lowest BCUT2D eigenvalue weighted by Crippen LogP contribution is -2.44. The second-order valence-electron chi connectivity index (χ2n) is 7.17. The molecule has 2 atom stereocenters. The van der Waals surface area contributed by atoms with Crippen molar-refractivity contribution in [2.45, 2.75) is 39.7 Å². The molecule has 0 spiro atoms. The van der Waals surface area contributed by atoms with Crippen LogP contribution in [0.25, 0.3) is 0 Å². The predicted octanol–water partition coefficient (Wildman–Crippen LogP) is 4.36. The van der Waals surface area contributed by atoms with E-state index in [1.807, 2.05) is 12.1 Å². The van der Waals surface area contributed by atoms with Crippen LogP contribution >= 0.6 is 11.6 Å². The van der Waals surface area contributed by atoms with Gasteiger partial charge in [0.15, 0.2) is 0 Å². The maximum Gasteiger partial charge on any atom is 0.0406 e. The van der Waals surface area contributed by atoms with Crippen LogP contribution in [-0.4, -0.2) is 31.6 Å². The predicted molar refractivity (Wildman–Crippen MR) is 91.9 cm³/mol. The van der Waals surface area contributed by atoms with Gasteiger partial charge in [0.1, 0.15) is 0 Å². The van der Waals surface area contributed by atoms with Gasteiger partial charge in [0, 0.05) is 17.6 Å². The van der Waals surface area contributed by atoms with E-state index >= 15 is 0 Å². The first-order valence-corrected chi connectivity index (χ1v) is 8.44. The number of halogens is 1. The quantitative estimate of drug-likeness (QED) is 0.869. The highest BCUT2D eigenvalue weighted by Crippen LogP contribution is 2.34. The van der Waals surface area contributed by atoms with Crippen molar-refractivity contribution in [1.29, 1.82) is 0 Å². The molecule has 1 aliphatic rings. The van der Waals surface area contributed by atoms with Crippen LogP contribution in [0.3, 0.4) is 0 Å². The molecule has 1 heterocycles. The minimum atomic E-state index is 0.336. The Bertz CT molecular complexity index is 435. The monoisotopic (exact) mass is 308 g/mol. The van der Waals surface area contributed by atoms with E-state index in [2.05, 4.69) is 50.2 Å². The molecular formula is C18H29ClN2. The Hall–Kier alpha value is -0.570. The van der Waals surface area contributed by atoms with E-state index < -0.39 is 0 Å². The van der Waals surface area contributed by atoms with Gasteiger partial charge in [-0.1, -0.05) is 37.6 Å². The fourth-order valence-electron chi connectivity index (χ4n) is 3.42. The third-order valence-corrected chi connectivity index (χ3v) is 5.32. The summed E-state index contributed by atoms with van der Waals surface area (Å²) in [4.78, 5) is 2.47. The SMILES string of the molecule is CC(c1ccc(Cl)cc1)N(C)CC(C)(C)C1CCCNC1. The number of hydrogen-bond acceptors (Lipinski definition) is 2. The molecule has 1 aromatic rings. The van der Waals surface area contributed by atoms with Crippen LogP contribution in [0.1, 0.15) is 45.2 Å². The van der Waals surface area contributed by atoms with Gasteiger partial charge in [-0.2, -0.15) is 0 Å². The Kier molecular flexibility index (Phi) is 5.70. The van der Waals surface area contributed by atoms with Gasteiger partial charge in [0.05, 0.1) is 0 Å². The lowest BCUT2D eigenvalue weighted by atomic mass is 9.74. The molecule has 2 unspecified atom stereocenters. The highest BCUT2D eigenvalue weighted by molar-refractivity contribution is 6.30. The first-order valence-electron chi connectivity index (χ1n) is 8.06. The van der Waals surface area contributed by atoms with Gasteiger partial charge < -0.3 is 5.32 Å². The Labute approximate surface area is 134 Å². The van der Waals surface area contributed by atoms with Crippen molar-refractivity contribution in [2.75, 3.05) is 26.7 Å². The maximum atomic E-state index is 5.98.